The molecule has 2 fully saturated rings. The van der Waals surface area contributed by atoms with E-state index in [0.717, 1.165) is 38.5 Å². The van der Waals surface area contributed by atoms with Gasteiger partial charge in [0.15, 0.2) is 11.6 Å². The number of carbonyl (C=O) groups is 6. The third-order valence-electron chi connectivity index (χ3n) is 11.1. The molecule has 2 saturated carbocycles. The van der Waals surface area contributed by atoms with E-state index >= 15 is 0 Å². The summed E-state index contributed by atoms with van der Waals surface area (Å²) in [4.78, 5) is 76.0. The third-order valence-corrected chi connectivity index (χ3v) is 11.1. The van der Waals surface area contributed by atoms with Crippen molar-refractivity contribution in [3.8, 4) is 22.6 Å². The summed E-state index contributed by atoms with van der Waals surface area (Å²) < 4.78 is 21.9. The minimum Gasteiger partial charge on any atom is -0.493 e. The molecule has 61 heavy (non-hydrogen) atoms. The molecule has 0 atom stereocenters. The van der Waals surface area contributed by atoms with E-state index in [4.69, 9.17) is 18.9 Å². The van der Waals surface area contributed by atoms with Crippen LogP contribution in [0.2, 0.25) is 0 Å². The molecule has 0 bridgehead atoms. The normalized spacial score (nSPS) is 15.5. The van der Waals surface area contributed by atoms with Crippen LogP contribution in [0.25, 0.3) is 11.1 Å². The number of aromatic carboxylic acids is 2. The van der Waals surface area contributed by atoms with E-state index in [0.29, 0.717) is 48.3 Å². The van der Waals surface area contributed by atoms with Gasteiger partial charge in [-0.3, -0.25) is 9.59 Å². The second kappa shape index (κ2) is 19.8. The number of carbonyl (C=O) groups excluding carboxylic acids is 4. The van der Waals surface area contributed by atoms with Crippen LogP contribution in [0.4, 0.5) is 0 Å². The van der Waals surface area contributed by atoms with E-state index in [2.05, 4.69) is 0 Å². The lowest BCUT2D eigenvalue weighted by atomic mass is 9.79. The Morgan fingerprint density at radius 2 is 0.852 bits per heavy atom. The summed E-state index contributed by atoms with van der Waals surface area (Å²) in [6.45, 7) is -0.230. The fourth-order valence-electron chi connectivity index (χ4n) is 7.69. The maximum atomic E-state index is 12.9. The molecule has 6 rings (SSSR count). The molecule has 0 aromatic heterocycles. The summed E-state index contributed by atoms with van der Waals surface area (Å²) in [7, 11) is 0. The molecule has 0 saturated heterocycles. The van der Waals surface area contributed by atoms with E-state index < -0.39 is 40.6 Å². The molecule has 4 aromatic rings. The van der Waals surface area contributed by atoms with E-state index in [-0.39, 0.29) is 72.2 Å². The van der Waals surface area contributed by atoms with Gasteiger partial charge in [-0.15, -0.1) is 0 Å². The van der Waals surface area contributed by atoms with Crippen molar-refractivity contribution < 1.29 is 68.1 Å². The van der Waals surface area contributed by atoms with Gasteiger partial charge in [0, 0.05) is 17.5 Å². The zero-order valence-corrected chi connectivity index (χ0v) is 33.6. The number of carboxylic acid groups (broad SMARTS) is 2. The van der Waals surface area contributed by atoms with Crippen molar-refractivity contribution >= 4 is 35.4 Å². The lowest BCUT2D eigenvalue weighted by molar-refractivity contribution is 0.0116. The lowest BCUT2D eigenvalue weighted by Gasteiger charge is -2.30. The number of hydrogen-bond donors (Lipinski definition) is 4. The van der Waals surface area contributed by atoms with E-state index in [1.807, 2.05) is 0 Å². The van der Waals surface area contributed by atoms with E-state index in [1.165, 1.54) is 36.4 Å². The predicted molar refractivity (Wildman–Crippen MR) is 220 cm³/mol. The fraction of sp³-hybridized carbons (Fsp3) is 0.362. The SMILES string of the molecule is O=C(O)c1cc(-c2ccc(C(=O)OCCOc3ccc(C(=O)C4(O)CCCCC4)cc3)c(C(=O)O)c2)ccc1C(=O)OCCCOc1ccc(C(=O)C2(O)CCCCC2)cc1. The number of esters is 2. The van der Waals surface area contributed by atoms with Gasteiger partial charge in [-0.1, -0.05) is 50.7 Å². The monoisotopic (exact) mass is 836 g/mol. The molecule has 0 spiro atoms. The maximum absolute atomic E-state index is 12.9. The van der Waals surface area contributed by atoms with Crippen LogP contribution in [0, 0.1) is 0 Å². The first-order valence-electron chi connectivity index (χ1n) is 20.4. The zero-order valence-electron chi connectivity index (χ0n) is 33.6. The Labute approximate surface area is 352 Å². The number of Topliss-reactive ketones (excluding diaryl/α,β-unsaturated/α-hetero) is 2. The second-order valence-corrected chi connectivity index (χ2v) is 15.3. The summed E-state index contributed by atoms with van der Waals surface area (Å²) in [6, 6.07) is 20.5. The molecule has 4 aromatic carbocycles. The van der Waals surface area contributed by atoms with Crippen molar-refractivity contribution in [1.82, 2.24) is 0 Å². The molecule has 4 N–H and O–H groups in total. The topological polar surface area (TPSA) is 220 Å². The van der Waals surface area contributed by atoms with Crippen LogP contribution in [0.15, 0.2) is 84.9 Å². The molecular weight excluding hydrogens is 789 g/mol. The number of rotatable bonds is 18. The average Bonchev–Trinajstić information content (AvgIpc) is 3.27. The lowest BCUT2D eigenvalue weighted by Crippen LogP contribution is -2.40. The number of ketones is 2. The van der Waals surface area contributed by atoms with Crippen LogP contribution in [-0.4, -0.2) is 93.5 Å². The minimum atomic E-state index is -1.43. The highest BCUT2D eigenvalue weighted by Gasteiger charge is 2.38. The standard InChI is InChI=1S/C47H48O14/c48-40(46(56)20-3-1-4-21-46)30-8-14-34(15-9-30)58-24-7-25-60-44(54)36-18-12-32(28-38(36)42(50)51)33-13-19-37(39(29-33)43(52)53)45(55)61-27-26-59-35-16-10-31(11-17-35)41(49)47(57)22-5-2-6-23-47/h8-19,28-29,56-57H,1-7,20-27H2,(H,50,51)(H,52,53). The molecule has 320 valence electrons. The van der Waals surface area contributed by atoms with Crippen LogP contribution in [0.5, 0.6) is 11.5 Å². The molecule has 0 radical (unpaired) electrons. The number of benzene rings is 4. The van der Waals surface area contributed by atoms with Gasteiger partial charge in [-0.05, 0) is 110 Å². The van der Waals surface area contributed by atoms with Gasteiger partial charge in [0.05, 0.1) is 35.5 Å². The quantitative estimate of drug-likeness (QED) is 0.0437. The molecule has 14 heteroatoms. The molecule has 0 aliphatic heterocycles. The molecule has 0 unspecified atom stereocenters. The molecule has 0 amide bonds. The van der Waals surface area contributed by atoms with Crippen molar-refractivity contribution in [1.29, 1.82) is 0 Å². The highest BCUT2D eigenvalue weighted by molar-refractivity contribution is 6.06. The average molecular weight is 837 g/mol. The number of aliphatic hydroxyl groups is 2. The highest BCUT2D eigenvalue weighted by atomic mass is 16.6. The van der Waals surface area contributed by atoms with Crippen molar-refractivity contribution in [3.63, 3.8) is 0 Å². The van der Waals surface area contributed by atoms with Crippen molar-refractivity contribution in [2.45, 2.75) is 81.8 Å². The van der Waals surface area contributed by atoms with Crippen LogP contribution in [0.1, 0.15) is 133 Å². The van der Waals surface area contributed by atoms with Gasteiger partial charge < -0.3 is 39.4 Å². The van der Waals surface area contributed by atoms with Crippen LogP contribution in [0.3, 0.4) is 0 Å². The van der Waals surface area contributed by atoms with E-state index in [9.17, 15) is 49.2 Å². The first-order chi connectivity index (χ1) is 29.3. The Morgan fingerprint density at radius 3 is 1.26 bits per heavy atom. The first kappa shape index (κ1) is 44.2. The van der Waals surface area contributed by atoms with Gasteiger partial charge in [-0.25, -0.2) is 19.2 Å². The Hall–Kier alpha value is -6.38. The smallest absolute Gasteiger partial charge is 0.339 e. The van der Waals surface area contributed by atoms with Crippen molar-refractivity contribution in [3.05, 3.63) is 118 Å². The zero-order chi connectivity index (χ0) is 43.6. The number of hydrogen-bond acceptors (Lipinski definition) is 12. The van der Waals surface area contributed by atoms with Gasteiger partial charge in [0.1, 0.15) is 35.9 Å². The van der Waals surface area contributed by atoms with Gasteiger partial charge in [0.25, 0.3) is 0 Å². The summed E-state index contributed by atoms with van der Waals surface area (Å²) in [5.41, 5.74) is -2.64. The third kappa shape index (κ3) is 10.9. The van der Waals surface area contributed by atoms with Gasteiger partial charge in [0.2, 0.25) is 0 Å². The number of ether oxygens (including phenoxy) is 4. The Balaban J connectivity index is 0.989. The first-order valence-corrected chi connectivity index (χ1v) is 20.4. The highest BCUT2D eigenvalue weighted by Crippen LogP contribution is 2.33. The number of carboxylic acids is 2. The van der Waals surface area contributed by atoms with Crippen LogP contribution < -0.4 is 9.47 Å². The maximum Gasteiger partial charge on any atom is 0.339 e. The summed E-state index contributed by atoms with van der Waals surface area (Å²) in [5, 5.41) is 41.4. The Kier molecular flexibility index (Phi) is 14.3. The van der Waals surface area contributed by atoms with Crippen molar-refractivity contribution in [2.24, 2.45) is 0 Å². The van der Waals surface area contributed by atoms with Crippen LogP contribution in [-0.2, 0) is 9.47 Å². The van der Waals surface area contributed by atoms with Gasteiger partial charge >= 0.3 is 23.9 Å². The summed E-state index contributed by atoms with van der Waals surface area (Å²) in [5.74, 6) is -4.41. The second-order valence-electron chi connectivity index (χ2n) is 15.3. The molecule has 2 aliphatic carbocycles. The largest absolute Gasteiger partial charge is 0.493 e. The summed E-state index contributed by atoms with van der Waals surface area (Å²) in [6.07, 6.45) is 7.20. The molecule has 0 heterocycles. The molecule has 2 aliphatic rings. The Bertz CT molecular complexity index is 2250. The Morgan fingerprint density at radius 1 is 0.459 bits per heavy atom. The molecular formula is C47H48O14. The van der Waals surface area contributed by atoms with E-state index in [1.54, 1.807) is 48.5 Å². The minimum absolute atomic E-state index is 0.0738. The van der Waals surface area contributed by atoms with Gasteiger partial charge in [-0.2, -0.15) is 0 Å². The predicted octanol–water partition coefficient (Wildman–Crippen LogP) is 7.37. The van der Waals surface area contributed by atoms with Crippen molar-refractivity contribution in [2.75, 3.05) is 26.4 Å². The van der Waals surface area contributed by atoms with Crippen LogP contribution >= 0.6 is 0 Å². The molecule has 14 nitrogen and oxygen atoms in total. The fourth-order valence-corrected chi connectivity index (χ4v) is 7.69. The summed E-state index contributed by atoms with van der Waals surface area (Å²) >= 11 is 0.